The van der Waals surface area contributed by atoms with Crippen LogP contribution in [-0.4, -0.2) is 70.5 Å². The first-order valence-electron chi connectivity index (χ1n) is 7.95. The van der Waals surface area contributed by atoms with Gasteiger partial charge < -0.3 is 10.4 Å². The minimum absolute atomic E-state index is 0.0446. The second-order valence-corrected chi connectivity index (χ2v) is 6.54. The Kier molecular flexibility index (Phi) is 6.53. The summed E-state index contributed by atoms with van der Waals surface area (Å²) < 4.78 is 0. The Morgan fingerprint density at radius 1 is 1.46 bits per heavy atom. The summed E-state index contributed by atoms with van der Waals surface area (Å²) >= 11 is 5.78. The minimum atomic E-state index is -0.817. The van der Waals surface area contributed by atoms with E-state index in [1.54, 1.807) is 12.1 Å². The van der Waals surface area contributed by atoms with Gasteiger partial charge in [-0.2, -0.15) is 0 Å². The molecular weight excluding hydrogens is 332 g/mol. The number of piperidine rings is 1. The van der Waals surface area contributed by atoms with E-state index in [-0.39, 0.29) is 24.5 Å². The van der Waals surface area contributed by atoms with Gasteiger partial charge in [-0.15, -0.1) is 0 Å². The highest BCUT2D eigenvalue weighted by Crippen LogP contribution is 2.18. The molecule has 1 saturated heterocycles. The van der Waals surface area contributed by atoms with Crippen LogP contribution < -0.4 is 5.32 Å². The van der Waals surface area contributed by atoms with Crippen LogP contribution in [0.25, 0.3) is 0 Å². The summed E-state index contributed by atoms with van der Waals surface area (Å²) in [5.41, 5.74) is 0. The predicted octanol–water partition coefficient (Wildman–Crippen LogP) is 1.54. The van der Waals surface area contributed by atoms with Crippen LogP contribution in [0, 0.1) is 0 Å². The van der Waals surface area contributed by atoms with Gasteiger partial charge in [-0.25, -0.2) is 4.98 Å². The van der Waals surface area contributed by atoms with E-state index in [0.717, 1.165) is 25.9 Å². The lowest BCUT2D eigenvalue weighted by atomic mass is 10.0. The second-order valence-electron chi connectivity index (χ2n) is 6.10. The molecule has 1 unspecified atom stereocenters. The molecule has 0 aliphatic carbocycles. The van der Waals surface area contributed by atoms with Crippen LogP contribution in [0.3, 0.4) is 0 Å². The highest BCUT2D eigenvalue weighted by atomic mass is 35.5. The molecule has 2 N–H and O–H groups in total. The van der Waals surface area contributed by atoms with Crippen LogP contribution in [0.4, 0.5) is 5.82 Å². The van der Waals surface area contributed by atoms with Gasteiger partial charge in [-0.3, -0.25) is 19.4 Å². The third-order valence-corrected chi connectivity index (χ3v) is 4.64. The van der Waals surface area contributed by atoms with Crippen molar-refractivity contribution in [2.45, 2.75) is 31.8 Å². The van der Waals surface area contributed by atoms with Crippen LogP contribution in [0.2, 0.25) is 5.02 Å². The number of nitrogens with zero attached hydrogens (tertiary/aromatic N) is 3. The Morgan fingerprint density at radius 2 is 2.12 bits per heavy atom. The fourth-order valence-electron chi connectivity index (χ4n) is 2.90. The quantitative estimate of drug-likeness (QED) is 0.806. The summed E-state index contributed by atoms with van der Waals surface area (Å²) in [5, 5.41) is 12.2. The number of halogens is 1. The Balaban J connectivity index is 1.83. The van der Waals surface area contributed by atoms with E-state index in [1.165, 1.54) is 6.20 Å². The number of aromatic nitrogens is 1. The number of hydrogen-bond acceptors (Lipinski definition) is 5. The Hall–Kier alpha value is -1.70. The molecule has 1 aromatic heterocycles. The lowest BCUT2D eigenvalue weighted by molar-refractivity contribution is -0.138. The minimum Gasteiger partial charge on any atom is -0.480 e. The van der Waals surface area contributed by atoms with Crippen molar-refractivity contribution in [3.8, 4) is 0 Å². The van der Waals surface area contributed by atoms with Gasteiger partial charge in [-0.05, 0) is 38.9 Å². The molecular formula is C16H23ClN4O3. The van der Waals surface area contributed by atoms with E-state index >= 15 is 0 Å². The van der Waals surface area contributed by atoms with Crippen LogP contribution in [-0.2, 0) is 9.59 Å². The van der Waals surface area contributed by atoms with E-state index in [2.05, 4.69) is 15.2 Å². The first-order valence-corrected chi connectivity index (χ1v) is 8.33. The van der Waals surface area contributed by atoms with Gasteiger partial charge in [0.25, 0.3) is 0 Å². The van der Waals surface area contributed by atoms with Crippen LogP contribution in [0.5, 0.6) is 0 Å². The van der Waals surface area contributed by atoms with Crippen molar-refractivity contribution < 1.29 is 14.7 Å². The van der Waals surface area contributed by atoms with Gasteiger partial charge in [-0.1, -0.05) is 11.6 Å². The number of carbonyl (C=O) groups is 2. The van der Waals surface area contributed by atoms with E-state index in [0.29, 0.717) is 10.8 Å². The molecule has 7 nitrogen and oxygen atoms in total. The van der Waals surface area contributed by atoms with Crippen molar-refractivity contribution in [2.75, 3.05) is 32.0 Å². The molecule has 2 heterocycles. The molecule has 1 aromatic rings. The lowest BCUT2D eigenvalue weighted by Gasteiger charge is -2.38. The van der Waals surface area contributed by atoms with Crippen molar-refractivity contribution in [2.24, 2.45) is 0 Å². The first kappa shape index (κ1) is 18.6. The molecule has 2 rings (SSSR count). The fourth-order valence-corrected chi connectivity index (χ4v) is 3.01. The van der Waals surface area contributed by atoms with Crippen molar-refractivity contribution in [3.05, 3.63) is 23.4 Å². The van der Waals surface area contributed by atoms with Crippen molar-refractivity contribution in [1.29, 1.82) is 0 Å². The number of pyridine rings is 1. The summed E-state index contributed by atoms with van der Waals surface area (Å²) in [6.45, 7) is 3.43. The van der Waals surface area contributed by atoms with E-state index in [4.69, 9.17) is 16.7 Å². The van der Waals surface area contributed by atoms with Crippen molar-refractivity contribution in [1.82, 2.24) is 14.8 Å². The lowest BCUT2D eigenvalue weighted by Crippen LogP contribution is -2.50. The SMILES string of the molecule is CC(C(=O)Nc1ccc(Cl)cn1)N1CCC(N(C)CC(=O)O)CC1. The molecule has 1 aliphatic rings. The van der Waals surface area contributed by atoms with Gasteiger partial charge in [0.15, 0.2) is 0 Å². The molecule has 8 heteroatoms. The van der Waals surface area contributed by atoms with Gasteiger partial charge >= 0.3 is 5.97 Å². The second kappa shape index (κ2) is 8.41. The Morgan fingerprint density at radius 3 is 2.67 bits per heavy atom. The third-order valence-electron chi connectivity index (χ3n) is 4.41. The number of rotatable bonds is 6. The zero-order chi connectivity index (χ0) is 17.7. The number of anilines is 1. The molecule has 0 radical (unpaired) electrons. The molecule has 0 bridgehead atoms. The maximum absolute atomic E-state index is 12.3. The number of carboxylic acid groups (broad SMARTS) is 1. The number of amides is 1. The van der Waals surface area contributed by atoms with Crippen molar-refractivity contribution >= 4 is 29.3 Å². The fraction of sp³-hybridized carbons (Fsp3) is 0.562. The summed E-state index contributed by atoms with van der Waals surface area (Å²) in [6.07, 6.45) is 3.19. The number of carbonyl (C=O) groups excluding carboxylic acids is 1. The molecule has 132 valence electrons. The normalized spacial score (nSPS) is 17.7. The van der Waals surface area contributed by atoms with E-state index < -0.39 is 5.97 Å². The molecule has 0 saturated carbocycles. The standard InChI is InChI=1S/C16H23ClN4O3/c1-11(16(24)19-14-4-3-12(17)9-18-14)21-7-5-13(6-8-21)20(2)10-15(22)23/h3-4,9,11,13H,5-8,10H2,1-2H3,(H,22,23)(H,18,19,24). The summed E-state index contributed by atoms with van der Waals surface area (Å²) in [4.78, 5) is 31.2. The Bertz CT molecular complexity index is 573. The topological polar surface area (TPSA) is 85.8 Å². The van der Waals surface area contributed by atoms with Crippen LogP contribution >= 0.6 is 11.6 Å². The number of carboxylic acids is 1. The monoisotopic (exact) mass is 354 g/mol. The van der Waals surface area contributed by atoms with Crippen molar-refractivity contribution in [3.63, 3.8) is 0 Å². The average Bonchev–Trinajstić information content (AvgIpc) is 2.55. The number of nitrogens with one attached hydrogen (secondary N) is 1. The summed E-state index contributed by atoms with van der Waals surface area (Å²) in [7, 11) is 1.83. The van der Waals surface area contributed by atoms with E-state index in [1.807, 2.05) is 18.9 Å². The maximum Gasteiger partial charge on any atom is 0.317 e. The van der Waals surface area contributed by atoms with Crippen LogP contribution in [0.1, 0.15) is 19.8 Å². The van der Waals surface area contributed by atoms with Gasteiger partial charge in [0.2, 0.25) is 5.91 Å². The third kappa shape index (κ3) is 5.15. The molecule has 1 atom stereocenters. The highest BCUT2D eigenvalue weighted by molar-refractivity contribution is 6.30. The average molecular weight is 355 g/mol. The van der Waals surface area contributed by atoms with Gasteiger partial charge in [0.1, 0.15) is 5.82 Å². The first-order chi connectivity index (χ1) is 11.4. The van der Waals surface area contributed by atoms with Gasteiger partial charge in [0.05, 0.1) is 17.6 Å². The number of aliphatic carboxylic acids is 1. The molecule has 24 heavy (non-hydrogen) atoms. The molecule has 1 fully saturated rings. The van der Waals surface area contributed by atoms with Gasteiger partial charge in [0, 0.05) is 25.3 Å². The van der Waals surface area contributed by atoms with E-state index in [9.17, 15) is 9.59 Å². The molecule has 0 spiro atoms. The molecule has 1 amide bonds. The van der Waals surface area contributed by atoms with Crippen LogP contribution in [0.15, 0.2) is 18.3 Å². The Labute approximate surface area is 146 Å². The summed E-state index contributed by atoms with van der Waals surface area (Å²) in [5.74, 6) is -0.447. The zero-order valence-corrected chi connectivity index (χ0v) is 14.7. The number of likely N-dealkylation sites (N-methyl/N-ethyl adjacent to an activating group) is 1. The number of likely N-dealkylation sites (tertiary alicyclic amines) is 1. The molecule has 0 aromatic carbocycles. The smallest absolute Gasteiger partial charge is 0.317 e. The summed E-state index contributed by atoms with van der Waals surface area (Å²) in [6, 6.07) is 3.32. The largest absolute Gasteiger partial charge is 0.480 e. The number of hydrogen-bond donors (Lipinski definition) is 2. The maximum atomic E-state index is 12.3. The highest BCUT2D eigenvalue weighted by Gasteiger charge is 2.28. The zero-order valence-electron chi connectivity index (χ0n) is 13.9. The predicted molar refractivity (Wildman–Crippen MR) is 92.2 cm³/mol. The molecule has 1 aliphatic heterocycles.